The molecule has 0 radical (unpaired) electrons. The van der Waals surface area contributed by atoms with Gasteiger partial charge in [0.05, 0.1) is 11.4 Å². The lowest BCUT2D eigenvalue weighted by atomic mass is 10.1. The lowest BCUT2D eigenvalue weighted by Gasteiger charge is -2.33. The Morgan fingerprint density at radius 2 is 1.74 bits per heavy atom. The van der Waals surface area contributed by atoms with Gasteiger partial charge in [-0.25, -0.2) is 4.98 Å². The van der Waals surface area contributed by atoms with E-state index < -0.39 is 0 Å². The second kappa shape index (κ2) is 9.74. The van der Waals surface area contributed by atoms with Crippen molar-refractivity contribution in [1.82, 2.24) is 9.88 Å². The van der Waals surface area contributed by atoms with Gasteiger partial charge in [-0.1, -0.05) is 35.5 Å². The van der Waals surface area contributed by atoms with Crippen molar-refractivity contribution in [2.24, 2.45) is 0 Å². The number of rotatable bonds is 5. The van der Waals surface area contributed by atoms with Crippen LogP contribution >= 0.6 is 34.7 Å². The van der Waals surface area contributed by atoms with Gasteiger partial charge in [0.15, 0.2) is 5.13 Å². The molecule has 0 bridgehead atoms. The maximum absolute atomic E-state index is 6.38. The molecular weight excluding hydrogens is 496 g/mol. The molecule has 0 unspecified atom stereocenters. The van der Waals surface area contributed by atoms with Crippen LogP contribution in [-0.4, -0.2) is 29.1 Å². The Balaban J connectivity index is 1.15. The van der Waals surface area contributed by atoms with Crippen molar-refractivity contribution >= 4 is 56.9 Å². The van der Waals surface area contributed by atoms with E-state index in [-0.39, 0.29) is 6.10 Å². The van der Waals surface area contributed by atoms with E-state index in [4.69, 9.17) is 22.1 Å². The molecule has 1 fully saturated rings. The van der Waals surface area contributed by atoms with E-state index in [0.717, 1.165) is 60.3 Å². The van der Waals surface area contributed by atoms with Gasteiger partial charge < -0.3 is 15.4 Å². The summed E-state index contributed by atoms with van der Waals surface area (Å²) in [5, 5.41) is 1.37. The van der Waals surface area contributed by atoms with Gasteiger partial charge in [0.25, 0.3) is 0 Å². The first-order valence-corrected chi connectivity index (χ1v) is 13.7. The van der Waals surface area contributed by atoms with Crippen LogP contribution in [0, 0.1) is 0 Å². The highest BCUT2D eigenvalue weighted by atomic mass is 35.5. The quantitative estimate of drug-likeness (QED) is 0.261. The average Bonchev–Trinajstić information content (AvgIpc) is 3.29. The first-order chi connectivity index (χ1) is 17.1. The topological polar surface area (TPSA) is 54.6 Å². The molecule has 5 nitrogen and oxygen atoms in total. The smallest absolute Gasteiger partial charge is 0.180 e. The van der Waals surface area contributed by atoms with Crippen LogP contribution in [0.5, 0.6) is 5.75 Å². The molecule has 4 aromatic rings. The van der Waals surface area contributed by atoms with Crippen molar-refractivity contribution in [3.05, 3.63) is 82.8 Å². The summed E-state index contributed by atoms with van der Waals surface area (Å²) in [6, 6.07) is 23.0. The van der Waals surface area contributed by atoms with Gasteiger partial charge in [-0.05, 0) is 67.4 Å². The largest absolute Gasteiger partial charge is 0.490 e. The summed E-state index contributed by atoms with van der Waals surface area (Å²) in [5.41, 5.74) is 9.12. The summed E-state index contributed by atoms with van der Waals surface area (Å²) in [6.07, 6.45) is 4.14. The van der Waals surface area contributed by atoms with Crippen molar-refractivity contribution < 1.29 is 4.74 Å². The second-order valence-electron chi connectivity index (χ2n) is 8.77. The van der Waals surface area contributed by atoms with E-state index in [2.05, 4.69) is 69.4 Å². The minimum absolute atomic E-state index is 0.232. The number of thiazole rings is 1. The molecule has 35 heavy (non-hydrogen) atoms. The standard InChI is InChI=1S/C27H25ClN4OS2/c28-18-5-10-26-24(15-18)32(23-3-1-2-4-25(23)35-26)19-6-8-20(9-7-19)33-21-11-13-31(14-12-21)17-22-16-30-27(29)34-22/h1-10,15-16,21H,11-14,17H2,(H2,29,30). The van der Waals surface area contributed by atoms with Gasteiger partial charge in [-0.3, -0.25) is 4.90 Å². The number of piperidine rings is 1. The van der Waals surface area contributed by atoms with Crippen LogP contribution in [0.3, 0.4) is 0 Å². The number of nitrogen functional groups attached to an aromatic ring is 1. The molecule has 2 aliphatic rings. The highest BCUT2D eigenvalue weighted by Crippen LogP contribution is 2.51. The summed E-state index contributed by atoms with van der Waals surface area (Å²) < 4.78 is 6.36. The minimum atomic E-state index is 0.232. The number of benzene rings is 3. The number of hydrogen-bond acceptors (Lipinski definition) is 7. The molecule has 0 aliphatic carbocycles. The number of aromatic nitrogens is 1. The fourth-order valence-corrected chi connectivity index (χ4v) is 6.60. The van der Waals surface area contributed by atoms with Crippen LogP contribution in [0.15, 0.2) is 82.7 Å². The summed E-state index contributed by atoms with van der Waals surface area (Å²) >= 11 is 9.73. The molecule has 1 aromatic heterocycles. The fourth-order valence-electron chi connectivity index (χ4n) is 4.67. The van der Waals surface area contributed by atoms with Crippen molar-refractivity contribution in [3.8, 4) is 5.75 Å². The molecule has 8 heteroatoms. The lowest BCUT2D eigenvalue weighted by molar-refractivity contribution is 0.0973. The molecular formula is C27H25ClN4OS2. The van der Waals surface area contributed by atoms with Gasteiger partial charge in [0.2, 0.25) is 0 Å². The van der Waals surface area contributed by atoms with E-state index in [1.165, 1.54) is 14.7 Å². The fraction of sp³-hybridized carbons (Fsp3) is 0.222. The Hall–Kier alpha value is -2.71. The number of halogens is 1. The number of ether oxygens (including phenoxy) is 1. The number of nitrogens with zero attached hydrogens (tertiary/aromatic N) is 3. The van der Waals surface area contributed by atoms with E-state index in [9.17, 15) is 0 Å². The normalized spacial score (nSPS) is 16.1. The molecule has 6 rings (SSSR count). The molecule has 0 amide bonds. The van der Waals surface area contributed by atoms with Gasteiger partial charge in [-0.2, -0.15) is 0 Å². The third kappa shape index (κ3) is 4.86. The van der Waals surface area contributed by atoms with Crippen molar-refractivity contribution in [2.75, 3.05) is 23.7 Å². The van der Waals surface area contributed by atoms with Gasteiger partial charge >= 0.3 is 0 Å². The zero-order chi connectivity index (χ0) is 23.8. The molecule has 2 N–H and O–H groups in total. The Labute approximate surface area is 218 Å². The summed E-state index contributed by atoms with van der Waals surface area (Å²) in [7, 11) is 0. The van der Waals surface area contributed by atoms with Gasteiger partial charge in [0, 0.05) is 51.2 Å². The molecule has 0 atom stereocenters. The van der Waals surface area contributed by atoms with Crippen molar-refractivity contribution in [2.45, 2.75) is 35.3 Å². The van der Waals surface area contributed by atoms with E-state index in [0.29, 0.717) is 5.13 Å². The molecule has 0 spiro atoms. The molecule has 1 saturated heterocycles. The first-order valence-electron chi connectivity index (χ1n) is 11.7. The maximum Gasteiger partial charge on any atom is 0.180 e. The molecule has 3 aromatic carbocycles. The van der Waals surface area contributed by atoms with Crippen LogP contribution in [0.4, 0.5) is 22.2 Å². The van der Waals surface area contributed by atoms with Crippen LogP contribution in [0.1, 0.15) is 17.7 Å². The highest BCUT2D eigenvalue weighted by molar-refractivity contribution is 7.99. The number of hydrogen-bond donors (Lipinski definition) is 1. The Morgan fingerprint density at radius 3 is 2.51 bits per heavy atom. The Kier molecular flexibility index (Phi) is 6.33. The van der Waals surface area contributed by atoms with Crippen LogP contribution in [0.2, 0.25) is 5.02 Å². The monoisotopic (exact) mass is 520 g/mol. The summed E-state index contributed by atoms with van der Waals surface area (Å²) in [6.45, 7) is 2.94. The zero-order valence-electron chi connectivity index (χ0n) is 19.1. The highest BCUT2D eigenvalue weighted by Gasteiger charge is 2.25. The third-order valence-corrected chi connectivity index (χ3v) is 8.55. The SMILES string of the molecule is Nc1ncc(CN2CCC(Oc3ccc(N4c5ccccc5Sc5ccc(Cl)cc54)cc3)CC2)s1. The van der Waals surface area contributed by atoms with Crippen LogP contribution < -0.4 is 15.4 Å². The Bertz CT molecular complexity index is 1340. The van der Waals surface area contributed by atoms with Crippen LogP contribution in [0.25, 0.3) is 0 Å². The summed E-state index contributed by atoms with van der Waals surface area (Å²) in [4.78, 5) is 12.5. The van der Waals surface area contributed by atoms with E-state index in [1.807, 2.05) is 18.3 Å². The number of para-hydroxylation sites is 1. The van der Waals surface area contributed by atoms with Crippen molar-refractivity contribution in [3.63, 3.8) is 0 Å². The molecule has 3 heterocycles. The molecule has 178 valence electrons. The number of anilines is 4. The predicted molar refractivity (Wildman–Crippen MR) is 146 cm³/mol. The lowest BCUT2D eigenvalue weighted by Crippen LogP contribution is -2.37. The zero-order valence-corrected chi connectivity index (χ0v) is 21.5. The summed E-state index contributed by atoms with van der Waals surface area (Å²) in [5.74, 6) is 0.911. The third-order valence-electron chi connectivity index (χ3n) is 6.37. The van der Waals surface area contributed by atoms with Gasteiger partial charge in [-0.15, -0.1) is 11.3 Å². The number of fused-ring (bicyclic) bond motifs is 2. The average molecular weight is 521 g/mol. The number of nitrogens with two attached hydrogens (primary N) is 1. The predicted octanol–water partition coefficient (Wildman–Crippen LogP) is 7.36. The molecule has 0 saturated carbocycles. The molecule has 2 aliphatic heterocycles. The number of likely N-dealkylation sites (tertiary alicyclic amines) is 1. The van der Waals surface area contributed by atoms with E-state index in [1.54, 1.807) is 23.1 Å². The maximum atomic E-state index is 6.38. The first kappa shape index (κ1) is 22.7. The van der Waals surface area contributed by atoms with Crippen molar-refractivity contribution in [1.29, 1.82) is 0 Å². The van der Waals surface area contributed by atoms with E-state index >= 15 is 0 Å². The second-order valence-corrected chi connectivity index (χ2v) is 11.4. The van der Waals surface area contributed by atoms with Crippen LogP contribution in [-0.2, 0) is 6.54 Å². The van der Waals surface area contributed by atoms with Gasteiger partial charge in [0.1, 0.15) is 11.9 Å². The Morgan fingerprint density at radius 1 is 0.971 bits per heavy atom. The minimum Gasteiger partial charge on any atom is -0.490 e.